The van der Waals surface area contributed by atoms with Crippen LogP contribution in [0.4, 0.5) is 0 Å². The van der Waals surface area contributed by atoms with E-state index in [4.69, 9.17) is 11.6 Å². The SMILES string of the molecule is CN1CC(c2cc(=O)n3[nH]cc(-c4ccc(Cl)cc4)c3n2)CC1=O. The van der Waals surface area contributed by atoms with Crippen molar-refractivity contribution in [3.05, 3.63) is 57.6 Å². The first-order valence-corrected chi connectivity index (χ1v) is 8.02. The molecule has 24 heavy (non-hydrogen) atoms. The smallest absolute Gasteiger partial charge is 0.272 e. The summed E-state index contributed by atoms with van der Waals surface area (Å²) < 4.78 is 1.41. The number of nitrogens with zero attached hydrogens (tertiary/aromatic N) is 3. The molecule has 6 nitrogen and oxygen atoms in total. The minimum Gasteiger partial charge on any atom is -0.345 e. The first-order valence-electron chi connectivity index (χ1n) is 7.64. The first-order chi connectivity index (χ1) is 11.5. The summed E-state index contributed by atoms with van der Waals surface area (Å²) in [5.74, 6) is 0.0298. The van der Waals surface area contributed by atoms with Crippen molar-refractivity contribution >= 4 is 23.2 Å². The topological polar surface area (TPSA) is 70.5 Å². The maximum absolute atomic E-state index is 12.4. The molecule has 1 aliphatic rings. The van der Waals surface area contributed by atoms with Crippen LogP contribution in [0.15, 0.2) is 41.3 Å². The minimum atomic E-state index is -0.183. The lowest BCUT2D eigenvalue weighted by Crippen LogP contribution is -2.20. The number of fused-ring (bicyclic) bond motifs is 1. The van der Waals surface area contributed by atoms with E-state index in [1.807, 2.05) is 12.1 Å². The van der Waals surface area contributed by atoms with Gasteiger partial charge in [0, 0.05) is 48.8 Å². The molecule has 0 bridgehead atoms. The first kappa shape index (κ1) is 15.0. The van der Waals surface area contributed by atoms with E-state index in [-0.39, 0.29) is 17.4 Å². The van der Waals surface area contributed by atoms with Crippen molar-refractivity contribution < 1.29 is 4.79 Å². The Balaban J connectivity index is 1.84. The molecule has 0 aliphatic carbocycles. The van der Waals surface area contributed by atoms with Gasteiger partial charge in [0.15, 0.2) is 5.65 Å². The van der Waals surface area contributed by atoms with Crippen LogP contribution in [0.3, 0.4) is 0 Å². The average Bonchev–Trinajstić information content (AvgIpc) is 3.13. The summed E-state index contributed by atoms with van der Waals surface area (Å²) in [5.41, 5.74) is 2.77. The van der Waals surface area contributed by atoms with Crippen LogP contribution in [-0.2, 0) is 4.79 Å². The van der Waals surface area contributed by atoms with Crippen LogP contribution in [0, 0.1) is 0 Å². The third-order valence-corrected chi connectivity index (χ3v) is 4.68. The highest BCUT2D eigenvalue weighted by molar-refractivity contribution is 6.30. The van der Waals surface area contributed by atoms with Crippen LogP contribution in [0.5, 0.6) is 0 Å². The number of aromatic nitrogens is 3. The number of carbonyl (C=O) groups excluding carboxylic acids is 1. The van der Waals surface area contributed by atoms with E-state index in [0.29, 0.717) is 29.3 Å². The molecule has 122 valence electrons. The van der Waals surface area contributed by atoms with E-state index in [0.717, 1.165) is 11.1 Å². The van der Waals surface area contributed by atoms with E-state index in [1.54, 1.807) is 30.3 Å². The van der Waals surface area contributed by atoms with Crippen molar-refractivity contribution in [3.8, 4) is 11.1 Å². The number of amides is 1. The van der Waals surface area contributed by atoms with Gasteiger partial charge in [-0.15, -0.1) is 0 Å². The summed E-state index contributed by atoms with van der Waals surface area (Å²) in [4.78, 5) is 30.5. The molecule has 3 heterocycles. The monoisotopic (exact) mass is 342 g/mol. The summed E-state index contributed by atoms with van der Waals surface area (Å²) in [5, 5.41) is 3.59. The maximum Gasteiger partial charge on any atom is 0.272 e. The Morgan fingerprint density at radius 2 is 2.00 bits per heavy atom. The number of carbonyl (C=O) groups is 1. The van der Waals surface area contributed by atoms with Gasteiger partial charge in [0.1, 0.15) is 0 Å². The Kier molecular flexibility index (Phi) is 3.42. The number of benzene rings is 1. The fraction of sp³-hybridized carbons (Fsp3) is 0.235. The Labute approximate surface area is 142 Å². The highest BCUT2D eigenvalue weighted by atomic mass is 35.5. The Morgan fingerprint density at radius 3 is 2.67 bits per heavy atom. The lowest BCUT2D eigenvalue weighted by molar-refractivity contribution is -0.126. The third kappa shape index (κ3) is 2.39. The predicted octanol–water partition coefficient (Wildman–Crippen LogP) is 2.29. The number of likely N-dealkylation sites (tertiary alicyclic amines) is 1. The third-order valence-electron chi connectivity index (χ3n) is 4.43. The van der Waals surface area contributed by atoms with Gasteiger partial charge in [-0.3, -0.25) is 14.7 Å². The highest BCUT2D eigenvalue weighted by Gasteiger charge is 2.29. The summed E-state index contributed by atoms with van der Waals surface area (Å²) in [7, 11) is 1.77. The van der Waals surface area contributed by atoms with Gasteiger partial charge in [0.25, 0.3) is 5.56 Å². The molecular weight excluding hydrogens is 328 g/mol. The molecule has 0 spiro atoms. The van der Waals surface area contributed by atoms with Gasteiger partial charge in [0.2, 0.25) is 5.91 Å². The molecule has 2 aromatic heterocycles. The average molecular weight is 343 g/mol. The van der Waals surface area contributed by atoms with Gasteiger partial charge in [-0.1, -0.05) is 23.7 Å². The molecule has 4 rings (SSSR count). The van der Waals surface area contributed by atoms with Crippen LogP contribution in [0.2, 0.25) is 5.02 Å². The molecule has 1 N–H and O–H groups in total. The maximum atomic E-state index is 12.4. The standard InChI is InChI=1S/C17H15ClN4O2/c1-21-9-11(6-15(21)23)14-7-16(24)22-17(20-14)13(8-19-22)10-2-4-12(18)5-3-10/h2-5,7-8,11,19H,6,9H2,1H3. The molecule has 1 amide bonds. The number of halogens is 1. The van der Waals surface area contributed by atoms with E-state index in [9.17, 15) is 9.59 Å². The van der Waals surface area contributed by atoms with Crippen LogP contribution in [0.25, 0.3) is 16.8 Å². The second kappa shape index (κ2) is 5.49. The van der Waals surface area contributed by atoms with Crippen molar-refractivity contribution in [1.29, 1.82) is 0 Å². The van der Waals surface area contributed by atoms with Crippen LogP contribution < -0.4 is 5.56 Å². The number of hydrogen-bond donors (Lipinski definition) is 1. The number of aromatic amines is 1. The van der Waals surface area contributed by atoms with Gasteiger partial charge in [-0.25, -0.2) is 9.50 Å². The number of nitrogens with one attached hydrogen (secondary N) is 1. The summed E-state index contributed by atoms with van der Waals surface area (Å²) in [6.07, 6.45) is 2.14. The molecule has 1 aliphatic heterocycles. The van der Waals surface area contributed by atoms with Crippen LogP contribution in [-0.4, -0.2) is 39.0 Å². The van der Waals surface area contributed by atoms with Gasteiger partial charge < -0.3 is 4.90 Å². The van der Waals surface area contributed by atoms with Gasteiger partial charge >= 0.3 is 0 Å². The number of likely N-dealkylation sites (N-methyl/N-ethyl adjacent to an activating group) is 1. The molecule has 7 heteroatoms. The Bertz CT molecular complexity index is 990. The number of hydrogen-bond acceptors (Lipinski definition) is 3. The van der Waals surface area contributed by atoms with Crippen LogP contribution >= 0.6 is 11.6 Å². The van der Waals surface area contributed by atoms with Crippen molar-refractivity contribution in [2.45, 2.75) is 12.3 Å². The zero-order valence-electron chi connectivity index (χ0n) is 13.0. The molecule has 1 atom stereocenters. The van der Waals surface area contributed by atoms with Crippen molar-refractivity contribution in [1.82, 2.24) is 19.5 Å². The summed E-state index contributed by atoms with van der Waals surface area (Å²) in [6, 6.07) is 8.88. The predicted molar refractivity (Wildman–Crippen MR) is 91.3 cm³/mol. The highest BCUT2D eigenvalue weighted by Crippen LogP contribution is 2.28. The lowest BCUT2D eigenvalue weighted by atomic mass is 10.0. The summed E-state index contributed by atoms with van der Waals surface area (Å²) in [6.45, 7) is 0.585. The molecule has 1 saturated heterocycles. The Morgan fingerprint density at radius 1 is 1.25 bits per heavy atom. The summed E-state index contributed by atoms with van der Waals surface area (Å²) >= 11 is 5.94. The van der Waals surface area contributed by atoms with Gasteiger partial charge in [-0.2, -0.15) is 0 Å². The van der Waals surface area contributed by atoms with E-state index in [2.05, 4.69) is 10.1 Å². The number of H-pyrrole nitrogens is 1. The fourth-order valence-corrected chi connectivity index (χ4v) is 3.24. The fourth-order valence-electron chi connectivity index (χ4n) is 3.11. The normalized spacial score (nSPS) is 17.8. The second-order valence-electron chi connectivity index (χ2n) is 6.05. The molecule has 0 radical (unpaired) electrons. The molecular formula is C17H15ClN4O2. The van der Waals surface area contributed by atoms with E-state index >= 15 is 0 Å². The minimum absolute atomic E-state index is 0.0480. The zero-order valence-corrected chi connectivity index (χ0v) is 13.7. The van der Waals surface area contributed by atoms with Crippen molar-refractivity contribution in [2.75, 3.05) is 13.6 Å². The molecule has 1 fully saturated rings. The zero-order chi connectivity index (χ0) is 16.8. The molecule has 1 aromatic carbocycles. The van der Waals surface area contributed by atoms with E-state index < -0.39 is 0 Å². The van der Waals surface area contributed by atoms with E-state index in [1.165, 1.54) is 10.6 Å². The largest absolute Gasteiger partial charge is 0.345 e. The second-order valence-corrected chi connectivity index (χ2v) is 6.48. The van der Waals surface area contributed by atoms with Crippen molar-refractivity contribution in [3.63, 3.8) is 0 Å². The molecule has 3 aromatic rings. The van der Waals surface area contributed by atoms with Gasteiger partial charge in [-0.05, 0) is 17.7 Å². The molecule has 0 saturated carbocycles. The Hall–Kier alpha value is -2.60. The quantitative estimate of drug-likeness (QED) is 0.776. The van der Waals surface area contributed by atoms with Gasteiger partial charge in [0.05, 0.1) is 5.69 Å². The van der Waals surface area contributed by atoms with Crippen LogP contribution in [0.1, 0.15) is 18.0 Å². The molecule has 1 unspecified atom stereocenters. The van der Waals surface area contributed by atoms with Crippen molar-refractivity contribution in [2.24, 2.45) is 0 Å². The number of rotatable bonds is 2. The lowest BCUT2D eigenvalue weighted by Gasteiger charge is -2.10.